The predicted molar refractivity (Wildman–Crippen MR) is 103 cm³/mol. The molecule has 5 nitrogen and oxygen atoms in total. The Hall–Kier alpha value is -2.67. The topological polar surface area (TPSA) is 53.9 Å². The van der Waals surface area contributed by atoms with E-state index in [0.29, 0.717) is 23.7 Å². The second kappa shape index (κ2) is 9.01. The van der Waals surface area contributed by atoms with E-state index in [1.807, 2.05) is 18.2 Å². The number of hydrogen-bond acceptors (Lipinski definition) is 3. The number of urea groups is 1. The van der Waals surface area contributed by atoms with Crippen molar-refractivity contribution < 1.29 is 18.4 Å². The second-order valence-corrected chi connectivity index (χ2v) is 6.81. The van der Waals surface area contributed by atoms with Crippen molar-refractivity contribution in [2.24, 2.45) is 5.16 Å². The van der Waals surface area contributed by atoms with Crippen LogP contribution in [0.5, 0.6) is 0 Å². The van der Waals surface area contributed by atoms with Crippen molar-refractivity contribution >= 4 is 23.3 Å². The minimum absolute atomic E-state index is 0.0146. The number of nitrogens with one attached hydrogen (secondary N) is 1. The summed E-state index contributed by atoms with van der Waals surface area (Å²) >= 11 is 6.20. The fourth-order valence-electron chi connectivity index (χ4n) is 2.96. The molecular weight excluding hydrogens is 388 g/mol. The van der Waals surface area contributed by atoms with Crippen LogP contribution in [0.15, 0.2) is 47.6 Å². The van der Waals surface area contributed by atoms with Gasteiger partial charge in [-0.1, -0.05) is 41.0 Å². The summed E-state index contributed by atoms with van der Waals surface area (Å²) < 4.78 is 27.2. The first-order valence-electron chi connectivity index (χ1n) is 8.92. The minimum atomic E-state index is -0.699. The van der Waals surface area contributed by atoms with Gasteiger partial charge in [-0.15, -0.1) is 0 Å². The number of halogens is 3. The number of benzene rings is 2. The third-order valence-electron chi connectivity index (χ3n) is 4.33. The Labute approximate surface area is 166 Å². The van der Waals surface area contributed by atoms with E-state index in [9.17, 15) is 13.6 Å². The first-order chi connectivity index (χ1) is 13.5. The molecule has 8 heteroatoms. The van der Waals surface area contributed by atoms with E-state index in [1.165, 1.54) is 17.0 Å². The number of carbonyl (C=O) groups excluding carboxylic acids is 1. The highest BCUT2D eigenvalue weighted by Gasteiger charge is 2.28. The van der Waals surface area contributed by atoms with E-state index in [1.54, 1.807) is 13.0 Å². The largest absolute Gasteiger partial charge is 0.390 e. The fraction of sp³-hybridized carbons (Fsp3) is 0.300. The number of oxime groups is 1. The summed E-state index contributed by atoms with van der Waals surface area (Å²) in [5.74, 6) is -1.36. The van der Waals surface area contributed by atoms with Crippen molar-refractivity contribution in [2.45, 2.75) is 26.0 Å². The number of nitrogens with zero attached hydrogens (tertiary/aromatic N) is 2. The van der Waals surface area contributed by atoms with Crippen molar-refractivity contribution in [3.63, 3.8) is 0 Å². The fourth-order valence-corrected chi connectivity index (χ4v) is 3.21. The Morgan fingerprint density at radius 2 is 2.11 bits per heavy atom. The van der Waals surface area contributed by atoms with E-state index in [2.05, 4.69) is 10.5 Å². The molecule has 0 saturated heterocycles. The highest BCUT2D eigenvalue weighted by atomic mass is 35.5. The predicted octanol–water partition coefficient (Wildman–Crippen LogP) is 4.34. The summed E-state index contributed by atoms with van der Waals surface area (Å²) in [5, 5.41) is 7.36. The van der Waals surface area contributed by atoms with Crippen LogP contribution >= 0.6 is 11.6 Å². The third-order valence-corrected chi connectivity index (χ3v) is 4.66. The van der Waals surface area contributed by atoms with Gasteiger partial charge in [-0.05, 0) is 19.1 Å². The van der Waals surface area contributed by atoms with E-state index in [0.717, 1.165) is 11.6 Å². The SMILES string of the molecule is CCNC(=O)N(Cc1ccc(F)cc1F)C[C@@H]1CC(c2ccccc2Cl)=NO1. The highest BCUT2D eigenvalue weighted by Crippen LogP contribution is 2.24. The van der Waals surface area contributed by atoms with Gasteiger partial charge in [-0.2, -0.15) is 0 Å². The lowest BCUT2D eigenvalue weighted by Gasteiger charge is -2.25. The number of carbonyl (C=O) groups is 1. The van der Waals surface area contributed by atoms with Crippen LogP contribution in [-0.4, -0.2) is 35.8 Å². The van der Waals surface area contributed by atoms with Gasteiger partial charge in [-0.3, -0.25) is 0 Å². The highest BCUT2D eigenvalue weighted by molar-refractivity contribution is 6.34. The quantitative estimate of drug-likeness (QED) is 0.774. The first kappa shape index (κ1) is 20.1. The zero-order chi connectivity index (χ0) is 20.1. The molecule has 2 amide bonds. The van der Waals surface area contributed by atoms with Gasteiger partial charge in [-0.25, -0.2) is 13.6 Å². The van der Waals surface area contributed by atoms with Crippen LogP contribution in [0.3, 0.4) is 0 Å². The van der Waals surface area contributed by atoms with Gasteiger partial charge in [0, 0.05) is 35.2 Å². The van der Waals surface area contributed by atoms with E-state index in [4.69, 9.17) is 16.4 Å². The van der Waals surface area contributed by atoms with Crippen LogP contribution in [0.25, 0.3) is 0 Å². The van der Waals surface area contributed by atoms with Crippen LogP contribution in [-0.2, 0) is 11.4 Å². The maximum Gasteiger partial charge on any atom is 0.317 e. The first-order valence-corrected chi connectivity index (χ1v) is 9.30. The van der Waals surface area contributed by atoms with E-state index < -0.39 is 17.7 Å². The standard InChI is InChI=1S/C20H20ClF2N3O2/c1-2-24-20(27)26(11-13-7-8-14(22)9-18(13)23)12-15-10-19(25-28-15)16-5-3-4-6-17(16)21/h3-9,15H,2,10-12H2,1H3,(H,24,27)/t15-/m0/s1. The van der Waals surface area contributed by atoms with Gasteiger partial charge in [0.05, 0.1) is 18.8 Å². The van der Waals surface area contributed by atoms with Crippen LogP contribution in [0.4, 0.5) is 13.6 Å². The summed E-state index contributed by atoms with van der Waals surface area (Å²) in [6.07, 6.45) is 0.0725. The van der Waals surface area contributed by atoms with Crippen molar-refractivity contribution in [3.05, 3.63) is 70.2 Å². The molecule has 3 rings (SSSR count). The minimum Gasteiger partial charge on any atom is -0.390 e. The molecule has 0 fully saturated rings. The Morgan fingerprint density at radius 3 is 2.82 bits per heavy atom. The van der Waals surface area contributed by atoms with Crippen LogP contribution in [0, 0.1) is 11.6 Å². The summed E-state index contributed by atoms with van der Waals surface area (Å²) in [7, 11) is 0. The lowest BCUT2D eigenvalue weighted by molar-refractivity contribution is 0.0588. The summed E-state index contributed by atoms with van der Waals surface area (Å²) in [6.45, 7) is 2.40. The number of amides is 2. The molecule has 0 unspecified atom stereocenters. The lowest BCUT2D eigenvalue weighted by Crippen LogP contribution is -2.43. The number of rotatable bonds is 6. The molecule has 1 atom stereocenters. The van der Waals surface area contributed by atoms with Crippen molar-refractivity contribution in [2.75, 3.05) is 13.1 Å². The van der Waals surface area contributed by atoms with Crippen LogP contribution in [0.1, 0.15) is 24.5 Å². The smallest absolute Gasteiger partial charge is 0.317 e. The number of hydrogen-bond donors (Lipinski definition) is 1. The maximum absolute atomic E-state index is 14.0. The molecule has 148 valence electrons. The molecule has 1 aliphatic heterocycles. The second-order valence-electron chi connectivity index (χ2n) is 6.40. The monoisotopic (exact) mass is 407 g/mol. The Kier molecular flexibility index (Phi) is 6.46. The van der Waals surface area contributed by atoms with E-state index >= 15 is 0 Å². The molecule has 1 aliphatic rings. The zero-order valence-electron chi connectivity index (χ0n) is 15.3. The molecule has 0 aromatic heterocycles. The van der Waals surface area contributed by atoms with Crippen molar-refractivity contribution in [3.8, 4) is 0 Å². The Morgan fingerprint density at radius 1 is 1.32 bits per heavy atom. The molecule has 2 aromatic carbocycles. The molecule has 1 heterocycles. The van der Waals surface area contributed by atoms with Crippen molar-refractivity contribution in [1.82, 2.24) is 10.2 Å². The summed E-state index contributed by atoms with van der Waals surface area (Å²) in [6, 6.07) is 10.2. The zero-order valence-corrected chi connectivity index (χ0v) is 16.0. The molecule has 1 N–H and O–H groups in total. The molecule has 0 spiro atoms. The molecular formula is C20H20ClF2N3O2. The van der Waals surface area contributed by atoms with E-state index in [-0.39, 0.29) is 24.7 Å². The summed E-state index contributed by atoms with van der Waals surface area (Å²) in [5.41, 5.74) is 1.69. The molecule has 0 radical (unpaired) electrons. The van der Waals surface area contributed by atoms with Gasteiger partial charge in [0.25, 0.3) is 0 Å². The van der Waals surface area contributed by atoms with Crippen LogP contribution in [0.2, 0.25) is 5.02 Å². The molecule has 28 heavy (non-hydrogen) atoms. The van der Waals surface area contributed by atoms with Gasteiger partial charge >= 0.3 is 6.03 Å². The normalized spacial score (nSPS) is 15.7. The van der Waals surface area contributed by atoms with Gasteiger partial charge in [0.1, 0.15) is 11.6 Å². The average Bonchev–Trinajstić information content (AvgIpc) is 3.12. The van der Waals surface area contributed by atoms with Crippen LogP contribution < -0.4 is 5.32 Å². The molecule has 0 bridgehead atoms. The Bertz CT molecular complexity index is 892. The van der Waals surface area contributed by atoms with Crippen molar-refractivity contribution in [1.29, 1.82) is 0 Å². The van der Waals surface area contributed by atoms with Gasteiger partial charge in [0.2, 0.25) is 0 Å². The average molecular weight is 408 g/mol. The molecule has 2 aromatic rings. The Balaban J connectivity index is 1.70. The lowest BCUT2D eigenvalue weighted by atomic mass is 10.0. The molecule has 0 aliphatic carbocycles. The molecule has 0 saturated carbocycles. The summed E-state index contributed by atoms with van der Waals surface area (Å²) in [4.78, 5) is 19.3. The van der Waals surface area contributed by atoms with Gasteiger partial charge in [0.15, 0.2) is 6.10 Å². The maximum atomic E-state index is 14.0. The third kappa shape index (κ3) is 4.78. The van der Waals surface area contributed by atoms with Gasteiger partial charge < -0.3 is 15.1 Å².